The summed E-state index contributed by atoms with van der Waals surface area (Å²) in [7, 11) is 0. The number of nitrogens with one attached hydrogen (secondary N) is 2. The van der Waals surface area contributed by atoms with E-state index in [1.165, 1.54) is 17.0 Å². The molecule has 2 heterocycles. The highest BCUT2D eigenvalue weighted by molar-refractivity contribution is 5.94. The van der Waals surface area contributed by atoms with Crippen LogP contribution in [0.4, 0.5) is 36.8 Å². The van der Waals surface area contributed by atoms with E-state index < -0.39 is 35.9 Å². The summed E-state index contributed by atoms with van der Waals surface area (Å²) in [6.07, 6.45) is -7.71. The first-order chi connectivity index (χ1) is 15.4. The van der Waals surface area contributed by atoms with E-state index in [1.54, 1.807) is 0 Å². The van der Waals surface area contributed by atoms with Gasteiger partial charge in [0.2, 0.25) is 0 Å². The molecule has 1 fully saturated rings. The van der Waals surface area contributed by atoms with Crippen molar-refractivity contribution in [3.63, 3.8) is 0 Å². The average molecular weight is 476 g/mol. The lowest BCUT2D eigenvalue weighted by Gasteiger charge is -2.32. The fourth-order valence-electron chi connectivity index (χ4n) is 3.19. The van der Waals surface area contributed by atoms with Gasteiger partial charge >= 0.3 is 18.6 Å². The van der Waals surface area contributed by atoms with E-state index in [2.05, 4.69) is 20.4 Å². The number of nitrogens with zero attached hydrogens (tertiary/aromatic N) is 2. The molecule has 1 aromatic heterocycles. The standard InChI is InChI=1S/C20H18F6N4O3/c21-19(22,23)16-6-1-12(11-27-16)17(31)30-9-7-14(8-10-30)29-18(32)28-13-2-4-15(5-3-13)33-20(24,25)26/h1-6,11,14H,7-10H2,(H2,28,29,32). The Kier molecular flexibility index (Phi) is 6.98. The molecule has 1 aliphatic rings. The highest BCUT2D eigenvalue weighted by Gasteiger charge is 2.33. The van der Waals surface area contributed by atoms with Crippen LogP contribution in [0.25, 0.3) is 0 Å². The Labute approximate surface area is 183 Å². The smallest absolute Gasteiger partial charge is 0.406 e. The monoisotopic (exact) mass is 476 g/mol. The Hall–Kier alpha value is -3.51. The van der Waals surface area contributed by atoms with Crippen molar-refractivity contribution in [3.05, 3.63) is 53.9 Å². The predicted molar refractivity (Wildman–Crippen MR) is 103 cm³/mol. The lowest BCUT2D eigenvalue weighted by atomic mass is 10.0. The van der Waals surface area contributed by atoms with E-state index in [9.17, 15) is 35.9 Å². The zero-order chi connectivity index (χ0) is 24.2. The van der Waals surface area contributed by atoms with Crippen molar-refractivity contribution in [2.45, 2.75) is 31.4 Å². The molecule has 0 spiro atoms. The van der Waals surface area contributed by atoms with Crippen LogP contribution in [0.15, 0.2) is 42.6 Å². The number of urea groups is 1. The molecule has 0 aliphatic carbocycles. The second-order valence-electron chi connectivity index (χ2n) is 7.17. The van der Waals surface area contributed by atoms with Crippen molar-refractivity contribution in [2.75, 3.05) is 18.4 Å². The maximum atomic E-state index is 12.6. The maximum Gasteiger partial charge on any atom is 0.573 e. The van der Waals surface area contributed by atoms with Gasteiger partial charge in [0.15, 0.2) is 0 Å². The molecule has 0 bridgehead atoms. The number of rotatable bonds is 4. The van der Waals surface area contributed by atoms with Gasteiger partial charge in [0.05, 0.1) is 5.56 Å². The number of carbonyl (C=O) groups excluding carboxylic acids is 2. The number of ether oxygens (including phenoxy) is 1. The molecule has 178 valence electrons. The van der Waals surface area contributed by atoms with Gasteiger partial charge in [-0.3, -0.25) is 9.78 Å². The molecule has 33 heavy (non-hydrogen) atoms. The van der Waals surface area contributed by atoms with Crippen LogP contribution in [0, 0.1) is 0 Å². The fraction of sp³-hybridized carbons (Fsp3) is 0.350. The van der Waals surface area contributed by atoms with Crippen molar-refractivity contribution in [1.82, 2.24) is 15.2 Å². The molecule has 0 atom stereocenters. The number of pyridine rings is 1. The highest BCUT2D eigenvalue weighted by atomic mass is 19.4. The number of hydrogen-bond acceptors (Lipinski definition) is 4. The number of anilines is 1. The van der Waals surface area contributed by atoms with E-state index >= 15 is 0 Å². The summed E-state index contributed by atoms with van der Waals surface area (Å²) in [5, 5.41) is 5.20. The first-order valence-corrected chi connectivity index (χ1v) is 9.66. The second-order valence-corrected chi connectivity index (χ2v) is 7.17. The number of hydrogen-bond donors (Lipinski definition) is 2. The summed E-state index contributed by atoms with van der Waals surface area (Å²) in [5.74, 6) is -0.881. The molecule has 1 saturated heterocycles. The first-order valence-electron chi connectivity index (χ1n) is 9.66. The molecule has 0 unspecified atom stereocenters. The van der Waals surface area contributed by atoms with Gasteiger partial charge in [0.1, 0.15) is 11.4 Å². The van der Waals surface area contributed by atoms with Gasteiger partial charge in [-0.05, 0) is 49.2 Å². The third-order valence-corrected chi connectivity index (χ3v) is 4.76. The Morgan fingerprint density at radius 2 is 1.61 bits per heavy atom. The van der Waals surface area contributed by atoms with E-state index in [1.807, 2.05) is 0 Å². The summed E-state index contributed by atoms with van der Waals surface area (Å²) >= 11 is 0. The minimum atomic E-state index is -4.81. The number of piperidine rings is 1. The normalized spacial score (nSPS) is 15.2. The zero-order valence-electron chi connectivity index (χ0n) is 16.8. The number of amides is 3. The summed E-state index contributed by atoms with van der Waals surface area (Å²) in [5.41, 5.74) is -0.801. The zero-order valence-corrected chi connectivity index (χ0v) is 16.8. The maximum absolute atomic E-state index is 12.6. The molecule has 7 nitrogen and oxygen atoms in total. The van der Waals surface area contributed by atoms with Crippen molar-refractivity contribution < 1.29 is 40.7 Å². The fourth-order valence-corrected chi connectivity index (χ4v) is 3.19. The molecule has 0 radical (unpaired) electrons. The van der Waals surface area contributed by atoms with Gasteiger partial charge in [-0.2, -0.15) is 13.2 Å². The molecular formula is C20H18F6N4O3. The van der Waals surface area contributed by atoms with Crippen molar-refractivity contribution >= 4 is 17.6 Å². The van der Waals surface area contributed by atoms with Crippen LogP contribution in [0.5, 0.6) is 5.75 Å². The van der Waals surface area contributed by atoms with Crippen LogP contribution in [-0.4, -0.2) is 47.3 Å². The van der Waals surface area contributed by atoms with Crippen molar-refractivity contribution in [2.24, 2.45) is 0 Å². The molecule has 0 saturated carbocycles. The minimum Gasteiger partial charge on any atom is -0.406 e. The van der Waals surface area contributed by atoms with Gasteiger partial charge in [-0.15, -0.1) is 13.2 Å². The topological polar surface area (TPSA) is 83.6 Å². The number of carbonyl (C=O) groups is 2. The number of aromatic nitrogens is 1. The van der Waals surface area contributed by atoms with Gasteiger partial charge in [-0.25, -0.2) is 4.79 Å². The molecule has 3 rings (SSSR count). The SMILES string of the molecule is O=C(Nc1ccc(OC(F)(F)F)cc1)NC1CCN(C(=O)c2ccc(C(F)(F)F)nc2)CC1. The number of benzene rings is 1. The van der Waals surface area contributed by atoms with E-state index in [4.69, 9.17) is 0 Å². The largest absolute Gasteiger partial charge is 0.573 e. The molecular weight excluding hydrogens is 458 g/mol. The predicted octanol–water partition coefficient (Wildman–Crippen LogP) is 4.43. The van der Waals surface area contributed by atoms with Crippen LogP contribution in [-0.2, 0) is 6.18 Å². The van der Waals surface area contributed by atoms with Crippen LogP contribution in [0.1, 0.15) is 28.9 Å². The van der Waals surface area contributed by atoms with E-state index in [-0.39, 0.29) is 30.4 Å². The number of halogens is 6. The van der Waals surface area contributed by atoms with Gasteiger partial charge < -0.3 is 20.3 Å². The summed E-state index contributed by atoms with van der Waals surface area (Å²) in [6, 6.07) is 5.59. The molecule has 1 aliphatic heterocycles. The third kappa shape index (κ3) is 6.99. The lowest BCUT2D eigenvalue weighted by Crippen LogP contribution is -2.47. The Balaban J connectivity index is 1.46. The van der Waals surface area contributed by atoms with Crippen molar-refractivity contribution in [3.8, 4) is 5.75 Å². The van der Waals surface area contributed by atoms with Crippen LogP contribution in [0.3, 0.4) is 0 Å². The van der Waals surface area contributed by atoms with Crippen LogP contribution in [0.2, 0.25) is 0 Å². The van der Waals surface area contributed by atoms with Gasteiger partial charge in [0, 0.05) is 31.0 Å². The third-order valence-electron chi connectivity index (χ3n) is 4.76. The summed E-state index contributed by atoms with van der Waals surface area (Å²) < 4.78 is 78.1. The Bertz CT molecular complexity index is 969. The summed E-state index contributed by atoms with van der Waals surface area (Å²) in [6.45, 7) is 0.544. The first kappa shape index (κ1) is 24.1. The second kappa shape index (κ2) is 9.55. The minimum absolute atomic E-state index is 0.0325. The van der Waals surface area contributed by atoms with Gasteiger partial charge in [-0.1, -0.05) is 0 Å². The quantitative estimate of drug-likeness (QED) is 0.640. The average Bonchev–Trinajstić information content (AvgIpc) is 2.73. The van der Waals surface area contributed by atoms with Crippen LogP contribution < -0.4 is 15.4 Å². The van der Waals surface area contributed by atoms with Gasteiger partial charge in [0.25, 0.3) is 5.91 Å². The molecule has 13 heteroatoms. The Morgan fingerprint density at radius 3 is 2.12 bits per heavy atom. The summed E-state index contributed by atoms with van der Waals surface area (Å²) in [4.78, 5) is 29.3. The number of alkyl halides is 6. The lowest BCUT2D eigenvalue weighted by molar-refractivity contribution is -0.274. The molecule has 3 amide bonds. The molecule has 2 N–H and O–H groups in total. The van der Waals surface area contributed by atoms with E-state index in [0.29, 0.717) is 12.8 Å². The van der Waals surface area contributed by atoms with Crippen LogP contribution >= 0.6 is 0 Å². The van der Waals surface area contributed by atoms with Crippen molar-refractivity contribution in [1.29, 1.82) is 0 Å². The highest BCUT2D eigenvalue weighted by Crippen LogP contribution is 2.27. The van der Waals surface area contributed by atoms with E-state index in [0.717, 1.165) is 30.5 Å². The molecule has 1 aromatic carbocycles. The Morgan fingerprint density at radius 1 is 0.970 bits per heavy atom. The molecule has 2 aromatic rings. The number of likely N-dealkylation sites (tertiary alicyclic amines) is 1.